The third-order valence-electron chi connectivity index (χ3n) is 5.56. The van der Waals surface area contributed by atoms with Gasteiger partial charge in [-0.15, -0.1) is 34.2 Å². The molecular weight excluding hydrogens is 439 g/mol. The normalized spacial score (nSPS) is 15.8. The SMILES string of the molecule is CCCCNC(=NCc1nnc(C)n1C)NCC(C)(C)C1CCCC1.I. The summed E-state index contributed by atoms with van der Waals surface area (Å²) in [5.74, 6) is 3.52. The fourth-order valence-corrected chi connectivity index (χ4v) is 3.46. The number of halogens is 1. The molecule has 0 saturated heterocycles. The van der Waals surface area contributed by atoms with Crippen molar-refractivity contribution in [3.05, 3.63) is 11.6 Å². The monoisotopic (exact) mass is 476 g/mol. The van der Waals surface area contributed by atoms with Crippen molar-refractivity contribution in [3.63, 3.8) is 0 Å². The molecule has 1 aromatic heterocycles. The molecule has 150 valence electrons. The van der Waals surface area contributed by atoms with E-state index in [2.05, 4.69) is 41.6 Å². The lowest BCUT2D eigenvalue weighted by Crippen LogP contribution is -2.44. The van der Waals surface area contributed by atoms with Crippen LogP contribution in [-0.2, 0) is 13.6 Å². The Morgan fingerprint density at radius 1 is 1.23 bits per heavy atom. The van der Waals surface area contributed by atoms with Gasteiger partial charge in [-0.25, -0.2) is 4.99 Å². The van der Waals surface area contributed by atoms with E-state index in [0.717, 1.165) is 43.0 Å². The number of aromatic nitrogens is 3. The maximum Gasteiger partial charge on any atom is 0.191 e. The number of nitrogens with zero attached hydrogens (tertiary/aromatic N) is 4. The van der Waals surface area contributed by atoms with E-state index in [4.69, 9.17) is 4.99 Å². The smallest absolute Gasteiger partial charge is 0.191 e. The summed E-state index contributed by atoms with van der Waals surface area (Å²) in [7, 11) is 1.99. The molecule has 0 aromatic carbocycles. The first-order valence-corrected chi connectivity index (χ1v) is 9.81. The number of rotatable bonds is 8. The maximum absolute atomic E-state index is 4.74. The lowest BCUT2D eigenvalue weighted by molar-refractivity contribution is 0.218. The molecule has 1 fully saturated rings. The van der Waals surface area contributed by atoms with Crippen molar-refractivity contribution in [2.75, 3.05) is 13.1 Å². The first-order valence-electron chi connectivity index (χ1n) is 9.81. The van der Waals surface area contributed by atoms with Gasteiger partial charge in [-0.2, -0.15) is 0 Å². The van der Waals surface area contributed by atoms with Gasteiger partial charge in [-0.05, 0) is 37.5 Å². The van der Waals surface area contributed by atoms with Gasteiger partial charge in [0, 0.05) is 20.1 Å². The Kier molecular flexibility index (Phi) is 9.89. The molecule has 0 radical (unpaired) electrons. The fraction of sp³-hybridized carbons (Fsp3) is 0.842. The van der Waals surface area contributed by atoms with Crippen LogP contribution in [0, 0.1) is 18.3 Å². The van der Waals surface area contributed by atoms with E-state index in [-0.39, 0.29) is 24.0 Å². The van der Waals surface area contributed by atoms with Crippen LogP contribution in [0.15, 0.2) is 4.99 Å². The number of hydrogen-bond donors (Lipinski definition) is 2. The van der Waals surface area contributed by atoms with Gasteiger partial charge in [0.1, 0.15) is 12.4 Å². The molecule has 2 N–H and O–H groups in total. The van der Waals surface area contributed by atoms with Crippen LogP contribution >= 0.6 is 24.0 Å². The highest BCUT2D eigenvalue weighted by Gasteiger charge is 2.31. The molecule has 26 heavy (non-hydrogen) atoms. The van der Waals surface area contributed by atoms with E-state index in [1.165, 1.54) is 32.1 Å². The minimum absolute atomic E-state index is 0. The Morgan fingerprint density at radius 3 is 2.50 bits per heavy atom. The molecule has 1 aliphatic carbocycles. The number of nitrogens with one attached hydrogen (secondary N) is 2. The third kappa shape index (κ3) is 6.70. The number of hydrogen-bond acceptors (Lipinski definition) is 3. The van der Waals surface area contributed by atoms with Crippen molar-refractivity contribution < 1.29 is 0 Å². The van der Waals surface area contributed by atoms with Crippen molar-refractivity contribution in [1.29, 1.82) is 0 Å². The van der Waals surface area contributed by atoms with Gasteiger partial charge >= 0.3 is 0 Å². The summed E-state index contributed by atoms with van der Waals surface area (Å²) in [5, 5.41) is 15.4. The fourth-order valence-electron chi connectivity index (χ4n) is 3.46. The average Bonchev–Trinajstić information content (AvgIpc) is 3.23. The molecule has 0 unspecified atom stereocenters. The van der Waals surface area contributed by atoms with Crippen LogP contribution in [0.3, 0.4) is 0 Å². The second-order valence-electron chi connectivity index (χ2n) is 7.99. The quantitative estimate of drug-likeness (QED) is 0.259. The molecule has 0 atom stereocenters. The van der Waals surface area contributed by atoms with Gasteiger partial charge in [0.25, 0.3) is 0 Å². The van der Waals surface area contributed by atoms with E-state index in [1.807, 2.05) is 18.5 Å². The third-order valence-corrected chi connectivity index (χ3v) is 5.56. The average molecular weight is 476 g/mol. The number of unbranched alkanes of at least 4 members (excludes halogenated alkanes) is 1. The highest BCUT2D eigenvalue weighted by atomic mass is 127. The minimum Gasteiger partial charge on any atom is -0.356 e. The molecule has 2 rings (SSSR count). The van der Waals surface area contributed by atoms with Crippen molar-refractivity contribution in [2.45, 2.75) is 72.8 Å². The van der Waals surface area contributed by atoms with E-state index < -0.39 is 0 Å². The molecule has 0 amide bonds. The predicted octanol–water partition coefficient (Wildman–Crippen LogP) is 3.79. The minimum atomic E-state index is 0. The molecule has 1 saturated carbocycles. The van der Waals surface area contributed by atoms with Crippen molar-refractivity contribution in [2.24, 2.45) is 23.4 Å². The Balaban J connectivity index is 0.00000338. The Morgan fingerprint density at radius 2 is 1.92 bits per heavy atom. The predicted molar refractivity (Wildman–Crippen MR) is 119 cm³/mol. The van der Waals surface area contributed by atoms with Gasteiger partial charge in [0.05, 0.1) is 0 Å². The maximum atomic E-state index is 4.74. The standard InChI is InChI=1S/C19H36N6.HI/c1-6-7-12-20-18(21-13-17-24-23-15(2)25(17)5)22-14-19(3,4)16-10-8-9-11-16;/h16H,6-14H2,1-5H3,(H2,20,21,22);1H. The molecule has 0 aliphatic heterocycles. The van der Waals surface area contributed by atoms with Gasteiger partial charge < -0.3 is 15.2 Å². The van der Waals surface area contributed by atoms with E-state index in [1.54, 1.807) is 0 Å². The topological polar surface area (TPSA) is 67.1 Å². The zero-order chi connectivity index (χ0) is 18.3. The summed E-state index contributed by atoms with van der Waals surface area (Å²) in [5.41, 5.74) is 0.297. The Hall–Kier alpha value is -0.860. The van der Waals surface area contributed by atoms with E-state index >= 15 is 0 Å². The number of aliphatic imine (C=N–C) groups is 1. The summed E-state index contributed by atoms with van der Waals surface area (Å²) in [4.78, 5) is 4.74. The largest absolute Gasteiger partial charge is 0.356 e. The van der Waals surface area contributed by atoms with E-state index in [0.29, 0.717) is 12.0 Å². The summed E-state index contributed by atoms with van der Waals surface area (Å²) in [6.45, 7) is 11.4. The molecule has 7 heteroatoms. The molecule has 1 aliphatic rings. The highest BCUT2D eigenvalue weighted by molar-refractivity contribution is 14.0. The number of aryl methyl sites for hydroxylation is 1. The lowest BCUT2D eigenvalue weighted by Gasteiger charge is -2.32. The Bertz CT molecular complexity index is 560. The van der Waals surface area contributed by atoms with Gasteiger partial charge in [-0.3, -0.25) is 0 Å². The van der Waals surface area contributed by atoms with Crippen LogP contribution in [0.2, 0.25) is 0 Å². The summed E-state index contributed by atoms with van der Waals surface area (Å²) < 4.78 is 2.00. The summed E-state index contributed by atoms with van der Waals surface area (Å²) in [6.07, 6.45) is 7.82. The van der Waals surface area contributed by atoms with Gasteiger partial charge in [0.15, 0.2) is 11.8 Å². The van der Waals surface area contributed by atoms with Crippen molar-refractivity contribution >= 4 is 29.9 Å². The second kappa shape index (κ2) is 11.1. The zero-order valence-electron chi connectivity index (χ0n) is 17.1. The van der Waals surface area contributed by atoms with Crippen LogP contribution in [0.1, 0.15) is 70.9 Å². The molecule has 0 spiro atoms. The van der Waals surface area contributed by atoms with Crippen LogP contribution in [0.25, 0.3) is 0 Å². The molecule has 0 bridgehead atoms. The molecule has 1 heterocycles. The number of guanidine groups is 1. The molecular formula is C19H37IN6. The van der Waals surface area contributed by atoms with Gasteiger partial charge in [0.2, 0.25) is 0 Å². The summed E-state index contributed by atoms with van der Waals surface area (Å²) >= 11 is 0. The highest BCUT2D eigenvalue weighted by Crippen LogP contribution is 2.38. The lowest BCUT2D eigenvalue weighted by atomic mass is 9.78. The van der Waals surface area contributed by atoms with Crippen LogP contribution in [-0.4, -0.2) is 33.8 Å². The van der Waals surface area contributed by atoms with Crippen LogP contribution in [0.5, 0.6) is 0 Å². The first kappa shape index (κ1) is 23.2. The summed E-state index contributed by atoms with van der Waals surface area (Å²) in [6, 6.07) is 0. The van der Waals surface area contributed by atoms with Crippen LogP contribution < -0.4 is 10.6 Å². The molecule has 6 nitrogen and oxygen atoms in total. The molecule has 1 aromatic rings. The zero-order valence-corrected chi connectivity index (χ0v) is 19.5. The van der Waals surface area contributed by atoms with Crippen molar-refractivity contribution in [3.8, 4) is 0 Å². The van der Waals surface area contributed by atoms with Crippen LogP contribution in [0.4, 0.5) is 0 Å². The Labute approximate surface area is 176 Å². The van der Waals surface area contributed by atoms with Crippen molar-refractivity contribution in [1.82, 2.24) is 25.4 Å². The first-order chi connectivity index (χ1) is 11.9. The second-order valence-corrected chi connectivity index (χ2v) is 7.99. The van der Waals surface area contributed by atoms with E-state index in [9.17, 15) is 0 Å². The van der Waals surface area contributed by atoms with Gasteiger partial charge in [-0.1, -0.05) is 40.0 Å².